The maximum atomic E-state index is 11.4. The number of aliphatic carboxylic acids is 1. The second-order valence-corrected chi connectivity index (χ2v) is 5.09. The topological polar surface area (TPSA) is 78.4 Å². The standard InChI is InChI=1S/C12H24N2O3S/c1-3-10(11(15)16)14-12(17)13-8-6-4-5-7-9-18-2/h10H,3-9H2,1-2H3,(H,15,16)(H2,13,14,17). The van der Waals surface area contributed by atoms with Gasteiger partial charge in [-0.3, -0.25) is 0 Å². The van der Waals surface area contributed by atoms with Crippen molar-refractivity contribution in [1.29, 1.82) is 0 Å². The first-order valence-electron chi connectivity index (χ1n) is 6.38. The van der Waals surface area contributed by atoms with Crippen molar-refractivity contribution < 1.29 is 14.7 Å². The van der Waals surface area contributed by atoms with E-state index in [9.17, 15) is 9.59 Å². The maximum Gasteiger partial charge on any atom is 0.326 e. The van der Waals surface area contributed by atoms with E-state index in [0.717, 1.165) is 12.8 Å². The Bertz CT molecular complexity index is 249. The number of rotatable bonds is 10. The Morgan fingerprint density at radius 2 is 1.89 bits per heavy atom. The fraction of sp³-hybridized carbons (Fsp3) is 0.833. The summed E-state index contributed by atoms with van der Waals surface area (Å²) in [7, 11) is 0. The Kier molecular flexibility index (Phi) is 10.6. The molecule has 3 N–H and O–H groups in total. The fourth-order valence-electron chi connectivity index (χ4n) is 1.47. The van der Waals surface area contributed by atoms with Crippen molar-refractivity contribution in [2.24, 2.45) is 0 Å². The quantitative estimate of drug-likeness (QED) is 0.534. The highest BCUT2D eigenvalue weighted by Crippen LogP contribution is 2.03. The zero-order valence-electron chi connectivity index (χ0n) is 11.2. The predicted octanol–water partition coefficient (Wildman–Crippen LogP) is 2.07. The molecule has 5 nitrogen and oxygen atoms in total. The molecule has 0 aliphatic carbocycles. The van der Waals surface area contributed by atoms with Gasteiger partial charge >= 0.3 is 12.0 Å². The minimum Gasteiger partial charge on any atom is -0.480 e. The third-order valence-corrected chi connectivity index (χ3v) is 3.27. The molecule has 0 radical (unpaired) electrons. The van der Waals surface area contributed by atoms with Crippen LogP contribution in [0.2, 0.25) is 0 Å². The van der Waals surface area contributed by atoms with E-state index in [0.29, 0.717) is 13.0 Å². The van der Waals surface area contributed by atoms with E-state index >= 15 is 0 Å². The largest absolute Gasteiger partial charge is 0.480 e. The van der Waals surface area contributed by atoms with Crippen LogP contribution in [0.3, 0.4) is 0 Å². The number of thioether (sulfide) groups is 1. The smallest absolute Gasteiger partial charge is 0.326 e. The highest BCUT2D eigenvalue weighted by molar-refractivity contribution is 7.98. The van der Waals surface area contributed by atoms with Crippen molar-refractivity contribution in [3.8, 4) is 0 Å². The lowest BCUT2D eigenvalue weighted by molar-refractivity contribution is -0.139. The minimum absolute atomic E-state index is 0.386. The molecule has 0 saturated carbocycles. The van der Waals surface area contributed by atoms with E-state index in [1.165, 1.54) is 18.6 Å². The number of amides is 2. The van der Waals surface area contributed by atoms with Crippen LogP contribution in [0.5, 0.6) is 0 Å². The number of nitrogens with one attached hydrogen (secondary N) is 2. The third-order valence-electron chi connectivity index (χ3n) is 2.57. The summed E-state index contributed by atoms with van der Waals surface area (Å²) in [6.07, 6.45) is 6.90. The number of unbranched alkanes of at least 4 members (excludes halogenated alkanes) is 3. The van der Waals surface area contributed by atoms with Gasteiger partial charge in [-0.15, -0.1) is 0 Å². The van der Waals surface area contributed by atoms with E-state index < -0.39 is 18.0 Å². The summed E-state index contributed by atoms with van der Waals surface area (Å²) in [6, 6.07) is -1.19. The number of carboxylic acid groups (broad SMARTS) is 1. The van der Waals surface area contributed by atoms with Crippen molar-refractivity contribution in [3.63, 3.8) is 0 Å². The predicted molar refractivity (Wildman–Crippen MR) is 75.1 cm³/mol. The summed E-state index contributed by atoms with van der Waals surface area (Å²) in [4.78, 5) is 22.1. The normalized spacial score (nSPS) is 11.9. The first kappa shape index (κ1) is 17.1. The molecule has 0 aromatic carbocycles. The molecule has 106 valence electrons. The average Bonchev–Trinajstić information content (AvgIpc) is 2.34. The van der Waals surface area contributed by atoms with Gasteiger partial charge in [0.05, 0.1) is 0 Å². The Morgan fingerprint density at radius 1 is 1.22 bits per heavy atom. The molecule has 0 heterocycles. The molecule has 0 fully saturated rings. The van der Waals surface area contributed by atoms with Crippen molar-refractivity contribution in [1.82, 2.24) is 10.6 Å². The molecule has 0 bridgehead atoms. The maximum absolute atomic E-state index is 11.4. The Labute approximate surface area is 113 Å². The van der Waals surface area contributed by atoms with Gasteiger partial charge in [0.2, 0.25) is 0 Å². The number of urea groups is 1. The van der Waals surface area contributed by atoms with E-state index in [1.54, 1.807) is 6.92 Å². The van der Waals surface area contributed by atoms with Crippen LogP contribution >= 0.6 is 11.8 Å². The van der Waals surface area contributed by atoms with Crippen LogP contribution in [-0.4, -0.2) is 41.7 Å². The lowest BCUT2D eigenvalue weighted by Gasteiger charge is -2.13. The fourth-order valence-corrected chi connectivity index (χ4v) is 1.97. The second-order valence-electron chi connectivity index (χ2n) is 4.11. The number of hydrogen-bond acceptors (Lipinski definition) is 3. The van der Waals surface area contributed by atoms with Crippen LogP contribution in [0.4, 0.5) is 4.79 Å². The molecule has 0 aliphatic rings. The highest BCUT2D eigenvalue weighted by Gasteiger charge is 2.16. The molecule has 6 heteroatoms. The van der Waals surface area contributed by atoms with Gasteiger partial charge in [0.15, 0.2) is 0 Å². The summed E-state index contributed by atoms with van der Waals surface area (Å²) in [6.45, 7) is 2.33. The van der Waals surface area contributed by atoms with Gasteiger partial charge in [-0.05, 0) is 31.3 Å². The molecule has 0 aromatic heterocycles. The van der Waals surface area contributed by atoms with Crippen LogP contribution in [0, 0.1) is 0 Å². The van der Waals surface area contributed by atoms with Gasteiger partial charge in [0.1, 0.15) is 6.04 Å². The molecule has 2 amide bonds. The Hall–Kier alpha value is -0.910. The molecule has 0 spiro atoms. The highest BCUT2D eigenvalue weighted by atomic mass is 32.2. The summed E-state index contributed by atoms with van der Waals surface area (Å²) in [5, 5.41) is 13.9. The first-order chi connectivity index (χ1) is 8.61. The van der Waals surface area contributed by atoms with Gasteiger partial charge in [-0.2, -0.15) is 11.8 Å². The molecule has 0 saturated heterocycles. The Balaban J connectivity index is 3.50. The monoisotopic (exact) mass is 276 g/mol. The zero-order valence-corrected chi connectivity index (χ0v) is 12.0. The molecule has 18 heavy (non-hydrogen) atoms. The van der Waals surface area contributed by atoms with Gasteiger partial charge in [-0.1, -0.05) is 19.8 Å². The third kappa shape index (κ3) is 9.15. The number of hydrogen-bond donors (Lipinski definition) is 3. The average molecular weight is 276 g/mol. The van der Waals surface area contributed by atoms with Crippen LogP contribution in [0.25, 0.3) is 0 Å². The van der Waals surface area contributed by atoms with Crippen LogP contribution in [0.15, 0.2) is 0 Å². The lowest BCUT2D eigenvalue weighted by Crippen LogP contribution is -2.45. The second kappa shape index (κ2) is 11.2. The van der Waals surface area contributed by atoms with Gasteiger partial charge in [-0.25, -0.2) is 9.59 Å². The van der Waals surface area contributed by atoms with Crippen LogP contribution in [-0.2, 0) is 4.79 Å². The number of carbonyl (C=O) groups excluding carboxylic acids is 1. The SMILES string of the molecule is CCC(NC(=O)NCCCCCCSC)C(=O)O. The van der Waals surface area contributed by atoms with Crippen LogP contribution in [0.1, 0.15) is 39.0 Å². The van der Waals surface area contributed by atoms with E-state index in [2.05, 4.69) is 16.9 Å². The minimum atomic E-state index is -0.996. The molecular weight excluding hydrogens is 252 g/mol. The molecule has 0 aliphatic heterocycles. The van der Waals surface area contributed by atoms with E-state index in [4.69, 9.17) is 5.11 Å². The number of carboxylic acids is 1. The van der Waals surface area contributed by atoms with Crippen molar-refractivity contribution >= 4 is 23.8 Å². The van der Waals surface area contributed by atoms with E-state index in [-0.39, 0.29) is 0 Å². The van der Waals surface area contributed by atoms with E-state index in [1.807, 2.05) is 11.8 Å². The van der Waals surface area contributed by atoms with Gasteiger partial charge < -0.3 is 15.7 Å². The molecule has 1 unspecified atom stereocenters. The summed E-state index contributed by atoms with van der Waals surface area (Å²) < 4.78 is 0. The zero-order chi connectivity index (χ0) is 13.8. The first-order valence-corrected chi connectivity index (χ1v) is 7.77. The Morgan fingerprint density at radius 3 is 2.44 bits per heavy atom. The summed E-state index contributed by atoms with van der Waals surface area (Å²) in [5.74, 6) is 0.190. The summed E-state index contributed by atoms with van der Waals surface area (Å²) >= 11 is 1.85. The lowest BCUT2D eigenvalue weighted by atomic mass is 10.2. The van der Waals surface area contributed by atoms with Gasteiger partial charge in [0, 0.05) is 6.54 Å². The molecular formula is C12H24N2O3S. The molecule has 1 atom stereocenters. The van der Waals surface area contributed by atoms with Crippen molar-refractivity contribution in [3.05, 3.63) is 0 Å². The van der Waals surface area contributed by atoms with Crippen molar-refractivity contribution in [2.75, 3.05) is 18.6 Å². The number of carbonyl (C=O) groups is 2. The summed E-state index contributed by atoms with van der Waals surface area (Å²) in [5.41, 5.74) is 0. The van der Waals surface area contributed by atoms with Gasteiger partial charge in [0.25, 0.3) is 0 Å². The molecule has 0 aromatic rings. The van der Waals surface area contributed by atoms with Crippen LogP contribution < -0.4 is 10.6 Å². The van der Waals surface area contributed by atoms with Crippen molar-refractivity contribution in [2.45, 2.75) is 45.1 Å². The molecule has 0 rings (SSSR count).